The van der Waals surface area contributed by atoms with Gasteiger partial charge in [0.05, 0.1) is 0 Å². The minimum Gasteiger partial charge on any atom is -0.327 e. The van der Waals surface area contributed by atoms with E-state index in [1.54, 1.807) is 11.8 Å². The Balaban J connectivity index is 2.01. The molecule has 2 atom stereocenters. The van der Waals surface area contributed by atoms with Crippen LogP contribution in [0.2, 0.25) is 0 Å². The third kappa shape index (κ3) is 3.39. The molecule has 0 radical (unpaired) electrons. The summed E-state index contributed by atoms with van der Waals surface area (Å²) in [7, 11) is -3.22. The van der Waals surface area contributed by atoms with Crippen molar-refractivity contribution in [3.05, 3.63) is 0 Å². The van der Waals surface area contributed by atoms with Crippen molar-refractivity contribution in [2.24, 2.45) is 11.7 Å². The zero-order valence-electron chi connectivity index (χ0n) is 10.5. The van der Waals surface area contributed by atoms with Crippen LogP contribution in [-0.2, 0) is 14.6 Å². The zero-order valence-corrected chi connectivity index (χ0v) is 12.2. The number of carbonyl (C=O) groups is 1. The second-order valence-corrected chi connectivity index (χ2v) is 8.50. The number of nitrogens with two attached hydrogens (primary N) is 1. The van der Waals surface area contributed by atoms with E-state index in [1.165, 1.54) is 11.2 Å². The number of nitrogens with zero attached hydrogens (tertiary/aromatic N) is 1. The maximum atomic E-state index is 12.2. The zero-order chi connectivity index (χ0) is 13.3. The van der Waals surface area contributed by atoms with Crippen molar-refractivity contribution in [3.8, 4) is 0 Å². The highest BCUT2D eigenvalue weighted by Crippen LogP contribution is 2.33. The van der Waals surface area contributed by atoms with Crippen molar-refractivity contribution in [3.63, 3.8) is 0 Å². The van der Waals surface area contributed by atoms with E-state index in [0.29, 0.717) is 18.2 Å². The summed E-state index contributed by atoms with van der Waals surface area (Å²) in [4.78, 5) is 13.7. The molecule has 7 heteroatoms. The van der Waals surface area contributed by atoms with Crippen molar-refractivity contribution < 1.29 is 13.2 Å². The summed E-state index contributed by atoms with van der Waals surface area (Å²) in [5.74, 6) is 1.63. The van der Waals surface area contributed by atoms with Gasteiger partial charge in [0.1, 0.15) is 5.37 Å². The highest BCUT2D eigenvalue weighted by Gasteiger charge is 2.36. The number of hydrogen-bond donors (Lipinski definition) is 1. The second kappa shape index (κ2) is 5.38. The van der Waals surface area contributed by atoms with Crippen LogP contribution >= 0.6 is 11.8 Å². The molecule has 2 aliphatic rings. The van der Waals surface area contributed by atoms with Crippen molar-refractivity contribution in [1.82, 2.24) is 4.90 Å². The molecule has 2 rings (SSSR count). The predicted octanol–water partition coefficient (Wildman–Crippen LogP) is 0.0599. The van der Waals surface area contributed by atoms with E-state index < -0.39 is 15.2 Å². The van der Waals surface area contributed by atoms with Gasteiger partial charge in [-0.1, -0.05) is 0 Å². The fourth-order valence-electron chi connectivity index (χ4n) is 2.23. The molecular weight excluding hydrogens is 272 g/mol. The van der Waals surface area contributed by atoms with Gasteiger partial charge in [-0.2, -0.15) is 11.8 Å². The summed E-state index contributed by atoms with van der Waals surface area (Å²) in [6.45, 7) is 0.513. The summed E-state index contributed by atoms with van der Waals surface area (Å²) >= 11 is 1.58. The first kappa shape index (κ1) is 14.1. The number of amides is 1. The lowest BCUT2D eigenvalue weighted by Crippen LogP contribution is -2.51. The van der Waals surface area contributed by atoms with Crippen LogP contribution in [0.1, 0.15) is 19.3 Å². The average molecular weight is 292 g/mol. The SMILES string of the molecule is CS(=O)(=O)C1CSCCN1C(=O)CC(N)C1CC1. The Morgan fingerprint density at radius 2 is 2.17 bits per heavy atom. The molecule has 5 nitrogen and oxygen atoms in total. The maximum absolute atomic E-state index is 12.2. The topological polar surface area (TPSA) is 80.5 Å². The molecule has 2 N–H and O–H groups in total. The highest BCUT2D eigenvalue weighted by atomic mass is 32.2. The normalized spacial score (nSPS) is 27.0. The lowest BCUT2D eigenvalue weighted by atomic mass is 10.1. The van der Waals surface area contributed by atoms with E-state index >= 15 is 0 Å². The Morgan fingerprint density at radius 3 is 2.72 bits per heavy atom. The molecular formula is C11H20N2O3S2. The molecule has 1 saturated carbocycles. The average Bonchev–Trinajstić information content (AvgIpc) is 3.11. The second-order valence-electron chi connectivity index (χ2n) is 5.15. The standard InChI is InChI=1S/C11H20N2O3S2/c1-18(15,16)11-7-17-5-4-13(11)10(14)6-9(12)8-2-3-8/h8-9,11H,2-7,12H2,1H3. The van der Waals surface area contributed by atoms with Gasteiger partial charge in [-0.15, -0.1) is 0 Å². The highest BCUT2D eigenvalue weighted by molar-refractivity contribution is 8.00. The van der Waals surface area contributed by atoms with E-state index in [0.717, 1.165) is 18.6 Å². The minimum atomic E-state index is -3.22. The largest absolute Gasteiger partial charge is 0.327 e. The molecule has 1 amide bonds. The first-order valence-corrected chi connectivity index (χ1v) is 9.32. The van der Waals surface area contributed by atoms with Crippen molar-refractivity contribution in [2.45, 2.75) is 30.7 Å². The number of rotatable bonds is 4. The number of hydrogen-bond acceptors (Lipinski definition) is 5. The van der Waals surface area contributed by atoms with E-state index in [2.05, 4.69) is 0 Å². The molecule has 0 bridgehead atoms. The molecule has 104 valence electrons. The Morgan fingerprint density at radius 1 is 1.50 bits per heavy atom. The van der Waals surface area contributed by atoms with Gasteiger partial charge in [0.15, 0.2) is 9.84 Å². The molecule has 1 heterocycles. The van der Waals surface area contributed by atoms with Crippen molar-refractivity contribution in [2.75, 3.05) is 24.3 Å². The van der Waals surface area contributed by atoms with Gasteiger partial charge in [0.25, 0.3) is 0 Å². The van der Waals surface area contributed by atoms with Gasteiger partial charge in [-0.05, 0) is 18.8 Å². The van der Waals surface area contributed by atoms with Crippen LogP contribution in [0.5, 0.6) is 0 Å². The maximum Gasteiger partial charge on any atom is 0.225 e. The molecule has 0 aromatic carbocycles. The molecule has 18 heavy (non-hydrogen) atoms. The fourth-order valence-corrected chi connectivity index (χ4v) is 5.07. The monoisotopic (exact) mass is 292 g/mol. The van der Waals surface area contributed by atoms with Gasteiger partial charge in [0, 0.05) is 36.8 Å². The lowest BCUT2D eigenvalue weighted by Gasteiger charge is -2.34. The summed E-state index contributed by atoms with van der Waals surface area (Å²) in [6, 6.07) is -0.104. The molecule has 2 fully saturated rings. The smallest absolute Gasteiger partial charge is 0.225 e. The summed E-state index contributed by atoms with van der Waals surface area (Å²) in [5.41, 5.74) is 5.94. The summed E-state index contributed by atoms with van der Waals surface area (Å²) in [5, 5.41) is -0.671. The number of sulfone groups is 1. The van der Waals surface area contributed by atoms with Gasteiger partial charge in [-0.3, -0.25) is 4.79 Å². The quantitative estimate of drug-likeness (QED) is 0.792. The van der Waals surface area contributed by atoms with Crippen LogP contribution in [-0.4, -0.2) is 54.9 Å². The summed E-state index contributed by atoms with van der Waals surface area (Å²) < 4.78 is 23.4. The van der Waals surface area contributed by atoms with Gasteiger partial charge < -0.3 is 10.6 Å². The van der Waals surface area contributed by atoms with Gasteiger partial charge in [-0.25, -0.2) is 8.42 Å². The third-order valence-electron chi connectivity index (χ3n) is 3.54. The third-order valence-corrected chi connectivity index (χ3v) is 6.18. The molecule has 1 saturated heterocycles. The van der Waals surface area contributed by atoms with Gasteiger partial charge >= 0.3 is 0 Å². The van der Waals surface area contributed by atoms with Crippen LogP contribution < -0.4 is 5.73 Å². The van der Waals surface area contributed by atoms with E-state index in [1.807, 2.05) is 0 Å². The molecule has 1 aliphatic carbocycles. The van der Waals surface area contributed by atoms with Crippen LogP contribution in [0.15, 0.2) is 0 Å². The Kier molecular flexibility index (Phi) is 4.23. The lowest BCUT2D eigenvalue weighted by molar-refractivity contribution is -0.132. The van der Waals surface area contributed by atoms with Crippen LogP contribution in [0.25, 0.3) is 0 Å². The Hall–Kier alpha value is -0.270. The Labute approximate surface area is 112 Å². The van der Waals surface area contributed by atoms with E-state index in [9.17, 15) is 13.2 Å². The van der Waals surface area contributed by atoms with Crippen LogP contribution in [0.4, 0.5) is 0 Å². The molecule has 2 unspecified atom stereocenters. The van der Waals surface area contributed by atoms with E-state index in [-0.39, 0.29) is 18.4 Å². The number of carbonyl (C=O) groups excluding carboxylic acids is 1. The molecule has 0 aromatic rings. The Bertz CT molecular complexity index is 420. The molecule has 0 aromatic heterocycles. The molecule has 1 aliphatic heterocycles. The number of thioether (sulfide) groups is 1. The predicted molar refractivity (Wildman–Crippen MR) is 73.0 cm³/mol. The molecule has 0 spiro atoms. The first-order chi connectivity index (χ1) is 8.39. The first-order valence-electron chi connectivity index (χ1n) is 6.21. The van der Waals surface area contributed by atoms with Crippen LogP contribution in [0.3, 0.4) is 0 Å². The van der Waals surface area contributed by atoms with Crippen molar-refractivity contribution in [1.29, 1.82) is 0 Å². The van der Waals surface area contributed by atoms with Gasteiger partial charge in [0.2, 0.25) is 5.91 Å². The summed E-state index contributed by atoms with van der Waals surface area (Å²) in [6.07, 6.45) is 3.67. The van der Waals surface area contributed by atoms with Crippen LogP contribution in [0, 0.1) is 5.92 Å². The van der Waals surface area contributed by atoms with Crippen molar-refractivity contribution >= 4 is 27.5 Å². The van der Waals surface area contributed by atoms with E-state index in [4.69, 9.17) is 5.73 Å². The minimum absolute atomic E-state index is 0.104. The fraction of sp³-hybridized carbons (Fsp3) is 0.909.